The van der Waals surface area contributed by atoms with Crippen LogP contribution in [0.2, 0.25) is 0 Å². The van der Waals surface area contributed by atoms with Gasteiger partial charge in [-0.15, -0.1) is 0 Å². The van der Waals surface area contributed by atoms with Gasteiger partial charge >= 0.3 is 0 Å². The van der Waals surface area contributed by atoms with Crippen LogP contribution in [0.4, 0.5) is 0 Å². The monoisotopic (exact) mass is 2020 g/mol. The maximum atomic E-state index is 4.49. The molecule has 0 spiro atoms. The van der Waals surface area contributed by atoms with Crippen LogP contribution in [0.25, 0.3) is 178 Å². The van der Waals surface area contributed by atoms with E-state index in [1.807, 2.05) is 329 Å². The Morgan fingerprint density at radius 1 is 0.107 bits per heavy atom. The van der Waals surface area contributed by atoms with Gasteiger partial charge in [0, 0.05) is 220 Å². The molecule has 0 radical (unpaired) electrons. The Kier molecular flexibility index (Phi) is 41.0. The zero-order chi connectivity index (χ0) is 101. The zero-order valence-corrected chi connectivity index (χ0v) is 83.8. The summed E-state index contributed by atoms with van der Waals surface area (Å²) in [7, 11) is 0. The summed E-state index contributed by atoms with van der Waals surface area (Å²) in [6.45, 7) is 6.16. The molecule has 0 bridgehead atoms. The van der Waals surface area contributed by atoms with Crippen LogP contribution in [0.5, 0.6) is 0 Å². The van der Waals surface area contributed by atoms with Gasteiger partial charge in [-0.1, -0.05) is 109 Å². The van der Waals surface area contributed by atoms with Crippen molar-refractivity contribution in [3.8, 4) is 68.3 Å². The minimum Gasteiger partial charge on any atom is -0.265 e. The fraction of sp³-hybridized carbons (Fsp3) is 0.0238. The van der Waals surface area contributed by atoms with E-state index in [0.29, 0.717) is 0 Å². The van der Waals surface area contributed by atoms with Crippen molar-refractivity contribution in [3.63, 3.8) is 0 Å². The van der Waals surface area contributed by atoms with Crippen molar-refractivity contribution in [1.29, 1.82) is 0 Å². The average molecular weight is 2020 g/mol. The second kappa shape index (κ2) is 57.8. The molecule has 0 amide bonds. The van der Waals surface area contributed by atoms with E-state index < -0.39 is 0 Å². The molecule has 21 nitrogen and oxygen atoms in total. The van der Waals surface area contributed by atoms with Crippen molar-refractivity contribution >= 4 is 109 Å². The number of rotatable bonds is 24. The molecule has 0 aliphatic heterocycles. The Bertz CT molecular complexity index is 7030. The smallest absolute Gasteiger partial charge is 0.0892 e. The van der Waals surface area contributed by atoms with Gasteiger partial charge in [0.15, 0.2) is 0 Å². The van der Waals surface area contributed by atoms with Crippen LogP contribution in [0.3, 0.4) is 0 Å². The summed E-state index contributed by atoms with van der Waals surface area (Å²) in [5, 5.41) is 0. The fourth-order valence-electron chi connectivity index (χ4n) is 14.2. The van der Waals surface area contributed by atoms with Crippen LogP contribution in [0, 0.1) is 20.8 Å². The molecule has 0 N–H and O–H groups in total. The molecule has 0 saturated carbocycles. The van der Waals surface area contributed by atoms with Gasteiger partial charge in [0.05, 0.1) is 68.3 Å². The molecule has 0 saturated heterocycles. The molecular formula is C126H99Fe2N21. The maximum absolute atomic E-state index is 4.49. The van der Waals surface area contributed by atoms with Gasteiger partial charge in [-0.2, -0.15) is 0 Å². The van der Waals surface area contributed by atoms with Crippen LogP contribution in [-0.4, -0.2) is 105 Å². The van der Waals surface area contributed by atoms with E-state index in [1.165, 1.54) is 16.7 Å². The summed E-state index contributed by atoms with van der Waals surface area (Å²) in [5.74, 6) is 0. The molecule has 0 unspecified atom stereocenters. The van der Waals surface area contributed by atoms with Gasteiger partial charge in [0.25, 0.3) is 0 Å². The van der Waals surface area contributed by atoms with Gasteiger partial charge in [-0.3, -0.25) is 105 Å². The van der Waals surface area contributed by atoms with Gasteiger partial charge in [-0.25, -0.2) is 0 Å². The molecule has 23 heteroatoms. The first-order chi connectivity index (χ1) is 72.5. The minimum absolute atomic E-state index is 0. The van der Waals surface area contributed by atoms with E-state index in [2.05, 4.69) is 235 Å². The molecule has 149 heavy (non-hydrogen) atoms. The van der Waals surface area contributed by atoms with Gasteiger partial charge in [0.2, 0.25) is 0 Å². The van der Waals surface area contributed by atoms with Crippen LogP contribution in [0.15, 0.2) is 441 Å². The molecule has 21 heterocycles. The molecule has 21 aromatic heterocycles. The van der Waals surface area contributed by atoms with Gasteiger partial charge < -0.3 is 0 Å². The van der Waals surface area contributed by atoms with E-state index in [0.717, 1.165) is 168 Å². The predicted octanol–water partition coefficient (Wildman–Crippen LogP) is 27.9. The third-order valence-corrected chi connectivity index (χ3v) is 21.9. The van der Waals surface area contributed by atoms with Crippen LogP contribution >= 0.6 is 0 Å². The molecule has 0 aliphatic rings. The van der Waals surface area contributed by atoms with E-state index in [9.17, 15) is 0 Å². The summed E-state index contributed by atoms with van der Waals surface area (Å²) < 4.78 is 0. The Hall–Kier alpha value is -19.2. The second-order valence-corrected chi connectivity index (χ2v) is 32.9. The van der Waals surface area contributed by atoms with Gasteiger partial charge in [0.1, 0.15) is 0 Å². The van der Waals surface area contributed by atoms with Crippen LogP contribution in [0.1, 0.15) is 117 Å². The molecule has 21 rings (SSSR count). The summed E-state index contributed by atoms with van der Waals surface area (Å²) in [4.78, 5) is 89.5. The van der Waals surface area contributed by atoms with E-state index >= 15 is 0 Å². The van der Waals surface area contributed by atoms with E-state index in [1.54, 1.807) is 112 Å². The first kappa shape index (κ1) is 106. The normalized spacial score (nSPS) is 11.0. The first-order valence-corrected chi connectivity index (χ1v) is 47.2. The van der Waals surface area contributed by atoms with Crippen molar-refractivity contribution in [2.24, 2.45) is 0 Å². The predicted molar refractivity (Wildman–Crippen MR) is 598 cm³/mol. The quantitative estimate of drug-likeness (QED) is 0.0508. The number of nitrogens with zero attached hydrogens (tertiary/aromatic N) is 21. The van der Waals surface area contributed by atoms with Crippen LogP contribution < -0.4 is 0 Å². The number of hydrogen-bond donors (Lipinski definition) is 0. The average Bonchev–Trinajstić information content (AvgIpc) is 0.849. The third kappa shape index (κ3) is 35.4. The summed E-state index contributed by atoms with van der Waals surface area (Å²) in [6, 6.07) is 83.7. The summed E-state index contributed by atoms with van der Waals surface area (Å²) in [5.41, 5.74) is 33.7. The molecular weight excluding hydrogens is 1920 g/mol. The van der Waals surface area contributed by atoms with E-state index in [4.69, 9.17) is 0 Å². The summed E-state index contributed by atoms with van der Waals surface area (Å²) in [6.07, 6.45) is 90.9. The second-order valence-electron chi connectivity index (χ2n) is 32.9. The number of aromatic nitrogens is 21. The topological polar surface area (TPSA) is 271 Å². The van der Waals surface area contributed by atoms with Crippen molar-refractivity contribution in [2.45, 2.75) is 20.8 Å². The number of hydrogen-bond acceptors (Lipinski definition) is 21. The van der Waals surface area contributed by atoms with E-state index in [-0.39, 0.29) is 34.1 Å². The number of aryl methyl sites for hydroxylation is 3. The molecule has 0 aromatic carbocycles. The molecule has 0 fully saturated rings. The fourth-order valence-corrected chi connectivity index (χ4v) is 14.2. The third-order valence-electron chi connectivity index (χ3n) is 21.9. The minimum atomic E-state index is 0. The van der Waals surface area contributed by atoms with Crippen molar-refractivity contribution < 1.29 is 34.1 Å². The Labute approximate surface area is 888 Å². The Morgan fingerprint density at radius 3 is 0.302 bits per heavy atom. The largest absolute Gasteiger partial charge is 0.265 e. The summed E-state index contributed by atoms with van der Waals surface area (Å²) >= 11 is 0. The standard InChI is InChI=1S/3C24H18N4.3C18H15N3.2Fe/c3*1(19-5-11-25-12-6-19)3-21-9-15-27-23(17-21)24-18-22(10-16-28-24)4-2-20-7-13-26-14-8-20;3*1-14-4-10-20-17(12-14)18-13-16(7-11-21-18)3-2-15-5-8-19-9-6-15;;/h3*1-18H;3*2-13H,1H3;;/b3*3-1+,4-2+;3*3-2+;;. The number of pyridine rings is 21. The van der Waals surface area contributed by atoms with Gasteiger partial charge in [-0.05, 0) is 392 Å². The molecule has 724 valence electrons. The van der Waals surface area contributed by atoms with Crippen molar-refractivity contribution in [1.82, 2.24) is 105 Å². The van der Waals surface area contributed by atoms with Crippen molar-refractivity contribution in [3.05, 3.63) is 558 Å². The molecule has 0 aliphatic carbocycles. The molecule has 0 atom stereocenters. The first-order valence-electron chi connectivity index (χ1n) is 47.2. The molecule has 21 aromatic rings. The Morgan fingerprint density at radius 2 is 0.195 bits per heavy atom. The Balaban J connectivity index is 0.000000141. The van der Waals surface area contributed by atoms with Crippen LogP contribution in [-0.2, 0) is 34.1 Å². The SMILES string of the molecule is C(=C\c1ccnc(-c2cc(/C=C/c3ccncc3)ccn2)c1)/c1ccncc1.C(=C\c1ccnc(-c2cc(/C=C/c3ccncc3)ccn2)c1)/c1ccncc1.C(=C\c1ccnc(-c2cc(/C=C/c3ccncc3)ccn2)c1)/c1ccncc1.Cc1ccnc(-c2cc(/C=C/c3ccncc3)ccn2)c1.Cc1ccnc(-c2cc(/C=C/c3ccncc3)ccn2)c1.Cc1ccnc(-c2cc(/C=C/c3ccncc3)ccn2)c1.[Fe].[Fe]. The maximum Gasteiger partial charge on any atom is 0.0892 e. The zero-order valence-electron chi connectivity index (χ0n) is 81.6. The van der Waals surface area contributed by atoms with Crippen molar-refractivity contribution in [2.75, 3.05) is 0 Å².